The molecule has 1 aliphatic rings. The number of carbonyl (C=O) groups excluding carboxylic acids is 1. The first-order chi connectivity index (χ1) is 13.0. The molecule has 2 aromatic carbocycles. The van der Waals surface area contributed by atoms with E-state index in [0.717, 1.165) is 28.3 Å². The minimum atomic E-state index is -0.0793. The van der Waals surface area contributed by atoms with Crippen molar-refractivity contribution in [2.45, 2.75) is 33.6 Å². The smallest absolute Gasteiger partial charge is 0.255 e. The lowest BCUT2D eigenvalue weighted by molar-refractivity contribution is 0.0964. The monoisotopic (exact) mass is 358 g/mol. The third kappa shape index (κ3) is 3.40. The summed E-state index contributed by atoms with van der Waals surface area (Å²) in [6.07, 6.45) is 3.28. The van der Waals surface area contributed by atoms with Gasteiger partial charge >= 0.3 is 0 Å². The van der Waals surface area contributed by atoms with Gasteiger partial charge < -0.3 is 5.32 Å². The van der Waals surface area contributed by atoms with E-state index in [-0.39, 0.29) is 5.91 Å². The SMILES string of the molecule is Cc1ccc(-n2nc3c(n2)CC(NC(=O)c2ccccc2C)=CC3)cc1C. The number of amides is 1. The Hall–Kier alpha value is -3.21. The highest BCUT2D eigenvalue weighted by molar-refractivity contribution is 5.96. The number of benzene rings is 2. The summed E-state index contributed by atoms with van der Waals surface area (Å²) in [6.45, 7) is 6.12. The molecule has 3 aromatic rings. The van der Waals surface area contributed by atoms with Gasteiger partial charge in [0, 0.05) is 24.1 Å². The molecule has 0 aliphatic heterocycles. The topological polar surface area (TPSA) is 59.8 Å². The van der Waals surface area contributed by atoms with Crippen LogP contribution in [-0.2, 0) is 12.8 Å². The normalized spacial score (nSPS) is 13.1. The van der Waals surface area contributed by atoms with Crippen LogP contribution >= 0.6 is 0 Å². The zero-order valence-electron chi connectivity index (χ0n) is 15.8. The summed E-state index contributed by atoms with van der Waals surface area (Å²) in [5.74, 6) is -0.0793. The fraction of sp³-hybridized carbons (Fsp3) is 0.227. The van der Waals surface area contributed by atoms with Gasteiger partial charge in [-0.1, -0.05) is 30.3 Å². The van der Waals surface area contributed by atoms with E-state index < -0.39 is 0 Å². The molecule has 1 heterocycles. The number of aromatic nitrogens is 3. The zero-order valence-corrected chi connectivity index (χ0v) is 15.8. The second-order valence-electron chi connectivity index (χ2n) is 7.03. The average Bonchev–Trinajstić information content (AvgIpc) is 3.07. The number of allylic oxidation sites excluding steroid dienone is 2. The Bertz CT molecular complexity index is 1060. The molecule has 0 fully saturated rings. The van der Waals surface area contributed by atoms with E-state index in [1.54, 1.807) is 4.80 Å². The fourth-order valence-corrected chi connectivity index (χ4v) is 3.24. The van der Waals surface area contributed by atoms with Crippen LogP contribution in [0.3, 0.4) is 0 Å². The van der Waals surface area contributed by atoms with Crippen molar-refractivity contribution in [2.75, 3.05) is 0 Å². The number of carbonyl (C=O) groups is 1. The van der Waals surface area contributed by atoms with Crippen LogP contribution in [0, 0.1) is 20.8 Å². The van der Waals surface area contributed by atoms with Gasteiger partial charge in [0.2, 0.25) is 0 Å². The summed E-state index contributed by atoms with van der Waals surface area (Å²) < 4.78 is 0. The van der Waals surface area contributed by atoms with E-state index in [1.165, 1.54) is 11.1 Å². The van der Waals surface area contributed by atoms with Crippen molar-refractivity contribution in [1.29, 1.82) is 0 Å². The lowest BCUT2D eigenvalue weighted by Gasteiger charge is -2.13. The van der Waals surface area contributed by atoms with Gasteiger partial charge in [-0.15, -0.1) is 0 Å². The lowest BCUT2D eigenvalue weighted by atomic mass is 10.0. The molecule has 136 valence electrons. The molecule has 0 bridgehead atoms. The molecule has 4 rings (SSSR count). The molecule has 1 aliphatic carbocycles. The summed E-state index contributed by atoms with van der Waals surface area (Å²) in [5.41, 5.74) is 7.83. The van der Waals surface area contributed by atoms with E-state index in [9.17, 15) is 4.79 Å². The van der Waals surface area contributed by atoms with Crippen LogP contribution in [-0.4, -0.2) is 20.9 Å². The van der Waals surface area contributed by atoms with Gasteiger partial charge in [0.1, 0.15) is 0 Å². The average molecular weight is 358 g/mol. The Kier molecular flexibility index (Phi) is 4.36. The first-order valence-corrected chi connectivity index (χ1v) is 9.10. The van der Waals surface area contributed by atoms with Crippen LogP contribution < -0.4 is 5.32 Å². The van der Waals surface area contributed by atoms with Gasteiger partial charge in [0.25, 0.3) is 5.91 Å². The van der Waals surface area contributed by atoms with Gasteiger partial charge in [0.05, 0.1) is 17.1 Å². The van der Waals surface area contributed by atoms with Crippen molar-refractivity contribution >= 4 is 5.91 Å². The molecule has 27 heavy (non-hydrogen) atoms. The molecule has 1 aromatic heterocycles. The molecule has 5 heteroatoms. The minimum Gasteiger partial charge on any atom is -0.326 e. The van der Waals surface area contributed by atoms with Crippen LogP contribution in [0.4, 0.5) is 0 Å². The highest BCUT2D eigenvalue weighted by atomic mass is 16.1. The van der Waals surface area contributed by atoms with Gasteiger partial charge in [-0.3, -0.25) is 4.79 Å². The maximum atomic E-state index is 12.5. The summed E-state index contributed by atoms with van der Waals surface area (Å²) in [4.78, 5) is 14.2. The summed E-state index contributed by atoms with van der Waals surface area (Å²) in [7, 11) is 0. The Labute approximate surface area is 158 Å². The van der Waals surface area contributed by atoms with Crippen LogP contribution in [0.25, 0.3) is 5.69 Å². The summed E-state index contributed by atoms with van der Waals surface area (Å²) in [6, 6.07) is 13.8. The number of hydrogen-bond acceptors (Lipinski definition) is 3. The van der Waals surface area contributed by atoms with Crippen molar-refractivity contribution in [2.24, 2.45) is 0 Å². The molecule has 0 saturated heterocycles. The number of nitrogens with one attached hydrogen (secondary N) is 1. The van der Waals surface area contributed by atoms with Crippen LogP contribution in [0.15, 0.2) is 54.2 Å². The number of aryl methyl sites for hydroxylation is 3. The number of rotatable bonds is 3. The van der Waals surface area contributed by atoms with Crippen LogP contribution in [0.2, 0.25) is 0 Å². The maximum Gasteiger partial charge on any atom is 0.255 e. The Morgan fingerprint density at radius 2 is 1.74 bits per heavy atom. The second kappa shape index (κ2) is 6.83. The number of hydrogen-bond donors (Lipinski definition) is 1. The highest BCUT2D eigenvalue weighted by Gasteiger charge is 2.19. The molecule has 0 saturated carbocycles. The van der Waals surface area contributed by atoms with Crippen molar-refractivity contribution in [1.82, 2.24) is 20.3 Å². The molecule has 0 spiro atoms. The van der Waals surface area contributed by atoms with Crippen LogP contribution in [0.1, 0.15) is 38.4 Å². The van der Waals surface area contributed by atoms with Gasteiger partial charge in [-0.05, 0) is 55.7 Å². The second-order valence-corrected chi connectivity index (χ2v) is 7.03. The van der Waals surface area contributed by atoms with E-state index in [4.69, 9.17) is 0 Å². The van der Waals surface area contributed by atoms with Gasteiger partial charge in [-0.2, -0.15) is 15.0 Å². The van der Waals surface area contributed by atoms with Crippen molar-refractivity contribution in [3.05, 3.63) is 87.9 Å². The minimum absolute atomic E-state index is 0.0793. The number of fused-ring (bicyclic) bond motifs is 1. The molecule has 1 N–H and O–H groups in total. The van der Waals surface area contributed by atoms with Crippen LogP contribution in [0.5, 0.6) is 0 Å². The Morgan fingerprint density at radius 3 is 2.52 bits per heavy atom. The molecule has 1 amide bonds. The van der Waals surface area contributed by atoms with E-state index >= 15 is 0 Å². The molecule has 0 atom stereocenters. The molecule has 0 radical (unpaired) electrons. The predicted octanol–water partition coefficient (Wildman–Crippen LogP) is 3.61. The molecular formula is C22H22N4O. The van der Waals surface area contributed by atoms with Crippen molar-refractivity contribution < 1.29 is 4.79 Å². The molecule has 0 unspecified atom stereocenters. The zero-order chi connectivity index (χ0) is 19.0. The maximum absolute atomic E-state index is 12.5. The summed E-state index contributed by atoms with van der Waals surface area (Å²) in [5, 5.41) is 12.3. The van der Waals surface area contributed by atoms with Gasteiger partial charge in [0.15, 0.2) is 0 Å². The standard InChI is InChI=1S/C22H22N4O/c1-14-8-10-18(12-16(14)3)26-24-20-11-9-17(13-21(20)25-26)23-22(27)19-7-5-4-6-15(19)2/h4-10,12H,11,13H2,1-3H3,(H,23,27). The molecule has 5 nitrogen and oxygen atoms in total. The summed E-state index contributed by atoms with van der Waals surface area (Å²) >= 11 is 0. The quantitative estimate of drug-likeness (QED) is 0.778. The largest absolute Gasteiger partial charge is 0.326 e. The molecular weight excluding hydrogens is 336 g/mol. The Morgan fingerprint density at radius 1 is 0.963 bits per heavy atom. The third-order valence-corrected chi connectivity index (χ3v) is 5.05. The first-order valence-electron chi connectivity index (χ1n) is 9.10. The van der Waals surface area contributed by atoms with E-state index in [0.29, 0.717) is 18.4 Å². The van der Waals surface area contributed by atoms with Crippen molar-refractivity contribution in [3.63, 3.8) is 0 Å². The first kappa shape index (κ1) is 17.2. The fourth-order valence-electron chi connectivity index (χ4n) is 3.24. The number of nitrogens with zero attached hydrogens (tertiary/aromatic N) is 3. The predicted molar refractivity (Wildman–Crippen MR) is 105 cm³/mol. The van der Waals surface area contributed by atoms with Gasteiger partial charge in [-0.25, -0.2) is 0 Å². The Balaban J connectivity index is 1.52. The van der Waals surface area contributed by atoms with E-state index in [1.807, 2.05) is 43.3 Å². The third-order valence-electron chi connectivity index (χ3n) is 5.05. The highest BCUT2D eigenvalue weighted by Crippen LogP contribution is 2.20. The van der Waals surface area contributed by atoms with E-state index in [2.05, 4.69) is 41.5 Å². The van der Waals surface area contributed by atoms with Crippen molar-refractivity contribution in [3.8, 4) is 5.69 Å². The lowest BCUT2D eigenvalue weighted by Crippen LogP contribution is -2.26.